The zero-order valence-corrected chi connectivity index (χ0v) is 18.1. The number of halogens is 1. The minimum atomic E-state index is -3.58. The van der Waals surface area contributed by atoms with E-state index in [4.69, 9.17) is 0 Å². The van der Waals surface area contributed by atoms with Crippen LogP contribution < -0.4 is 10.0 Å². The smallest absolute Gasteiger partial charge is 0.261 e. The molecular formula is C22H29ClN2O2S. The zero-order valence-electron chi connectivity index (χ0n) is 16.4. The molecule has 1 aliphatic rings. The Hall–Kier alpha value is -1.82. The van der Waals surface area contributed by atoms with Crippen molar-refractivity contribution >= 4 is 28.1 Å². The van der Waals surface area contributed by atoms with Crippen LogP contribution >= 0.6 is 12.4 Å². The number of fused-ring (bicyclic) bond motifs is 1. The summed E-state index contributed by atoms with van der Waals surface area (Å²) in [7, 11) is -3.58. The predicted octanol–water partition coefficient (Wildman–Crippen LogP) is 4.67. The molecule has 28 heavy (non-hydrogen) atoms. The van der Waals surface area contributed by atoms with Gasteiger partial charge in [-0.05, 0) is 66.1 Å². The highest BCUT2D eigenvalue weighted by Gasteiger charge is 2.20. The number of aryl methyl sites for hydroxylation is 1. The first-order valence-corrected chi connectivity index (χ1v) is 11.0. The lowest BCUT2D eigenvalue weighted by molar-refractivity contribution is 0.480. The van der Waals surface area contributed by atoms with Gasteiger partial charge in [0.2, 0.25) is 0 Å². The number of anilines is 1. The van der Waals surface area contributed by atoms with E-state index in [1.165, 1.54) is 11.1 Å². The Balaban J connectivity index is 0.00000280. The molecule has 0 amide bonds. The lowest BCUT2D eigenvalue weighted by Gasteiger charge is -2.25. The first-order valence-electron chi connectivity index (χ1n) is 9.48. The summed E-state index contributed by atoms with van der Waals surface area (Å²) < 4.78 is 28.1. The van der Waals surface area contributed by atoms with E-state index in [2.05, 4.69) is 30.5 Å². The van der Waals surface area contributed by atoms with E-state index >= 15 is 0 Å². The van der Waals surface area contributed by atoms with Crippen molar-refractivity contribution < 1.29 is 8.42 Å². The average Bonchev–Trinajstić information content (AvgIpc) is 2.66. The molecule has 0 radical (unpaired) electrons. The molecule has 0 aromatic heterocycles. The van der Waals surface area contributed by atoms with Crippen molar-refractivity contribution in [2.24, 2.45) is 0 Å². The molecule has 2 aromatic carbocycles. The largest absolute Gasteiger partial charge is 0.310 e. The summed E-state index contributed by atoms with van der Waals surface area (Å²) in [5, 5.41) is 3.47. The van der Waals surface area contributed by atoms with Gasteiger partial charge in [-0.15, -0.1) is 19.0 Å². The van der Waals surface area contributed by atoms with Crippen LogP contribution in [0, 0.1) is 0 Å². The summed E-state index contributed by atoms with van der Waals surface area (Å²) in [6, 6.07) is 13.4. The standard InChI is InChI=1S/C22H28N2O2S.ClH/c1-4-13-23-20-9-5-19-15-21(10-6-18(19)14-20)24-27(25,26)22-11-7-17(8-12-22)16(2)3;/h4,6-8,10-12,15-16,20,23-24H,1,5,9,13-14H2,2-3H3;1H/t20-;/m0./s1. The fraction of sp³-hybridized carbons (Fsp3) is 0.364. The van der Waals surface area contributed by atoms with Crippen LogP contribution in [0.4, 0.5) is 5.69 Å². The van der Waals surface area contributed by atoms with Crippen LogP contribution in [0.25, 0.3) is 0 Å². The lowest BCUT2D eigenvalue weighted by Crippen LogP contribution is -2.34. The maximum absolute atomic E-state index is 12.7. The van der Waals surface area contributed by atoms with Gasteiger partial charge in [-0.1, -0.05) is 38.1 Å². The van der Waals surface area contributed by atoms with Gasteiger partial charge < -0.3 is 5.32 Å². The van der Waals surface area contributed by atoms with Crippen molar-refractivity contribution in [2.45, 2.75) is 50.0 Å². The topological polar surface area (TPSA) is 58.2 Å². The summed E-state index contributed by atoms with van der Waals surface area (Å²) in [6.45, 7) is 8.74. The van der Waals surface area contributed by atoms with Crippen molar-refractivity contribution in [3.8, 4) is 0 Å². The third-order valence-electron chi connectivity index (χ3n) is 5.09. The second kappa shape index (κ2) is 9.59. The Bertz CT molecular complexity index is 909. The molecule has 1 aliphatic carbocycles. The molecule has 152 valence electrons. The highest BCUT2D eigenvalue weighted by molar-refractivity contribution is 7.92. The molecule has 3 rings (SSSR count). The molecule has 0 fully saturated rings. The Labute approximate surface area is 174 Å². The maximum atomic E-state index is 12.7. The van der Waals surface area contributed by atoms with Gasteiger partial charge in [0, 0.05) is 18.3 Å². The van der Waals surface area contributed by atoms with Crippen LogP contribution in [0.2, 0.25) is 0 Å². The fourth-order valence-electron chi connectivity index (χ4n) is 3.49. The van der Waals surface area contributed by atoms with Crippen LogP contribution in [-0.2, 0) is 22.9 Å². The van der Waals surface area contributed by atoms with Crippen molar-refractivity contribution in [1.82, 2.24) is 5.32 Å². The molecule has 4 nitrogen and oxygen atoms in total. The third kappa shape index (κ3) is 5.37. The van der Waals surface area contributed by atoms with Crippen molar-refractivity contribution in [3.63, 3.8) is 0 Å². The van der Waals surface area contributed by atoms with Gasteiger partial charge in [0.15, 0.2) is 0 Å². The molecule has 0 aliphatic heterocycles. The third-order valence-corrected chi connectivity index (χ3v) is 6.49. The highest BCUT2D eigenvalue weighted by Crippen LogP contribution is 2.26. The maximum Gasteiger partial charge on any atom is 0.261 e. The van der Waals surface area contributed by atoms with Crippen LogP contribution in [0.15, 0.2) is 60.0 Å². The predicted molar refractivity (Wildman–Crippen MR) is 119 cm³/mol. The Kier molecular flexibility index (Phi) is 7.70. The van der Waals surface area contributed by atoms with Gasteiger partial charge >= 0.3 is 0 Å². The number of hydrogen-bond acceptors (Lipinski definition) is 3. The Morgan fingerprint density at radius 2 is 1.86 bits per heavy atom. The van der Waals surface area contributed by atoms with Gasteiger partial charge in [-0.2, -0.15) is 0 Å². The normalized spacial score (nSPS) is 16.2. The van der Waals surface area contributed by atoms with E-state index in [9.17, 15) is 8.42 Å². The van der Waals surface area contributed by atoms with E-state index in [0.29, 0.717) is 22.5 Å². The fourth-order valence-corrected chi connectivity index (χ4v) is 4.54. The van der Waals surface area contributed by atoms with E-state index in [0.717, 1.165) is 31.4 Å². The number of rotatable bonds is 7. The number of hydrogen-bond donors (Lipinski definition) is 2. The zero-order chi connectivity index (χ0) is 19.4. The molecule has 0 heterocycles. The Morgan fingerprint density at radius 3 is 2.50 bits per heavy atom. The Morgan fingerprint density at radius 1 is 1.14 bits per heavy atom. The molecule has 2 N–H and O–H groups in total. The molecule has 0 unspecified atom stereocenters. The van der Waals surface area contributed by atoms with Gasteiger partial charge in [0.1, 0.15) is 0 Å². The van der Waals surface area contributed by atoms with Gasteiger partial charge in [0.05, 0.1) is 4.90 Å². The van der Waals surface area contributed by atoms with Crippen molar-refractivity contribution in [2.75, 3.05) is 11.3 Å². The second-order valence-electron chi connectivity index (χ2n) is 7.45. The molecule has 0 saturated heterocycles. The van der Waals surface area contributed by atoms with Crippen molar-refractivity contribution in [1.29, 1.82) is 0 Å². The lowest BCUT2D eigenvalue weighted by atomic mass is 9.88. The first kappa shape index (κ1) is 22.5. The second-order valence-corrected chi connectivity index (χ2v) is 9.13. The number of nitrogens with one attached hydrogen (secondary N) is 2. The summed E-state index contributed by atoms with van der Waals surface area (Å²) in [6.07, 6.45) is 4.84. The van der Waals surface area contributed by atoms with Crippen molar-refractivity contribution in [3.05, 3.63) is 71.8 Å². The first-order chi connectivity index (χ1) is 12.9. The van der Waals surface area contributed by atoms with E-state index in [1.807, 2.05) is 36.4 Å². The summed E-state index contributed by atoms with van der Waals surface area (Å²) in [5.41, 5.74) is 4.26. The molecule has 2 aromatic rings. The van der Waals surface area contributed by atoms with Crippen LogP contribution in [0.1, 0.15) is 42.9 Å². The highest BCUT2D eigenvalue weighted by atomic mass is 35.5. The molecular weight excluding hydrogens is 392 g/mol. The van der Waals surface area contributed by atoms with Crippen LogP contribution in [-0.4, -0.2) is 21.0 Å². The summed E-state index contributed by atoms with van der Waals surface area (Å²) in [4.78, 5) is 0.290. The van der Waals surface area contributed by atoms with E-state index < -0.39 is 10.0 Å². The molecule has 1 atom stereocenters. The van der Waals surface area contributed by atoms with Crippen LogP contribution in [0.5, 0.6) is 0 Å². The van der Waals surface area contributed by atoms with Gasteiger partial charge in [-0.25, -0.2) is 8.42 Å². The number of benzene rings is 2. The SMILES string of the molecule is C=CCN[C@H]1CCc2cc(NS(=O)(=O)c3ccc(C(C)C)cc3)ccc2C1.Cl. The number of sulfonamides is 1. The minimum Gasteiger partial charge on any atom is -0.310 e. The molecule has 6 heteroatoms. The van der Waals surface area contributed by atoms with Gasteiger partial charge in [0.25, 0.3) is 10.0 Å². The average molecular weight is 421 g/mol. The molecule has 0 spiro atoms. The molecule has 0 saturated carbocycles. The summed E-state index contributed by atoms with van der Waals surface area (Å²) >= 11 is 0. The summed E-state index contributed by atoms with van der Waals surface area (Å²) in [5.74, 6) is 0.375. The quantitative estimate of drug-likeness (QED) is 0.640. The molecule has 0 bridgehead atoms. The van der Waals surface area contributed by atoms with Crippen LogP contribution in [0.3, 0.4) is 0 Å². The van der Waals surface area contributed by atoms with E-state index in [1.54, 1.807) is 12.1 Å². The van der Waals surface area contributed by atoms with Gasteiger partial charge in [-0.3, -0.25) is 4.72 Å². The van der Waals surface area contributed by atoms with E-state index in [-0.39, 0.29) is 12.4 Å². The monoisotopic (exact) mass is 420 g/mol. The minimum absolute atomic E-state index is 0.